The minimum atomic E-state index is 0. The van der Waals surface area contributed by atoms with Crippen LogP contribution in [0.25, 0.3) is 5.32 Å². The van der Waals surface area contributed by atoms with E-state index in [0.29, 0.717) is 0 Å². The van der Waals surface area contributed by atoms with E-state index in [1.807, 2.05) is 14.0 Å². The van der Waals surface area contributed by atoms with Crippen molar-refractivity contribution in [3.05, 3.63) is 5.32 Å². The molecular formula is C6H17KN2. The number of hydrogen-bond donors (Lipinski definition) is 1. The zero-order valence-corrected chi connectivity index (χ0v) is 10.5. The van der Waals surface area contributed by atoms with Crippen molar-refractivity contribution in [3.63, 3.8) is 0 Å². The van der Waals surface area contributed by atoms with Gasteiger partial charge in [0.2, 0.25) is 0 Å². The summed E-state index contributed by atoms with van der Waals surface area (Å²) in [6.07, 6.45) is 0. The maximum Gasteiger partial charge on any atom is 1.00 e. The first-order chi connectivity index (χ1) is 3.83. The average Bonchev–Trinajstić information content (AvgIpc) is 1.88. The van der Waals surface area contributed by atoms with Crippen molar-refractivity contribution in [1.29, 1.82) is 0 Å². The van der Waals surface area contributed by atoms with Gasteiger partial charge in [-0.05, 0) is 13.6 Å². The second kappa shape index (κ2) is 22.7. The Bertz CT molecular complexity index is 19.0. The standard InChI is InChI=1S/C3H9N.C3H8N.K/c2*1-3-4-2;/h4H,3H2,1-2H3;3H2,1-2H3;/q;-1;+1. The Hall–Kier alpha value is 1.56. The molecule has 3 heteroatoms. The summed E-state index contributed by atoms with van der Waals surface area (Å²) in [5.41, 5.74) is 0. The van der Waals surface area contributed by atoms with E-state index in [4.69, 9.17) is 0 Å². The van der Waals surface area contributed by atoms with Gasteiger partial charge in [0.25, 0.3) is 0 Å². The molecule has 0 amide bonds. The molecule has 52 valence electrons. The van der Waals surface area contributed by atoms with E-state index in [2.05, 4.69) is 17.6 Å². The average molecular weight is 156 g/mol. The fraction of sp³-hybridized carbons (Fsp3) is 1.00. The zero-order valence-electron chi connectivity index (χ0n) is 7.36. The number of hydrogen-bond acceptors (Lipinski definition) is 1. The van der Waals surface area contributed by atoms with E-state index in [1.54, 1.807) is 7.05 Å². The van der Waals surface area contributed by atoms with Crippen LogP contribution in [0.4, 0.5) is 0 Å². The molecule has 0 aromatic rings. The predicted octanol–water partition coefficient (Wildman–Crippen LogP) is -1.76. The first kappa shape index (κ1) is 16.9. The smallest absolute Gasteiger partial charge is 0.665 e. The summed E-state index contributed by atoms with van der Waals surface area (Å²) in [5, 5.41) is 6.67. The molecule has 9 heavy (non-hydrogen) atoms. The fourth-order valence-electron chi connectivity index (χ4n) is 0. The zero-order chi connectivity index (χ0) is 6.83. The Morgan fingerprint density at radius 1 is 1.33 bits per heavy atom. The van der Waals surface area contributed by atoms with E-state index in [9.17, 15) is 0 Å². The number of rotatable bonds is 2. The van der Waals surface area contributed by atoms with Crippen LogP contribution in [0.1, 0.15) is 13.8 Å². The first-order valence-electron chi connectivity index (χ1n) is 3.03. The maximum atomic E-state index is 3.74. The normalized spacial score (nSPS) is 6.67. The van der Waals surface area contributed by atoms with E-state index in [0.717, 1.165) is 13.1 Å². The van der Waals surface area contributed by atoms with Crippen LogP contribution >= 0.6 is 0 Å². The molecule has 0 unspecified atom stereocenters. The molecule has 0 radical (unpaired) electrons. The van der Waals surface area contributed by atoms with Crippen molar-refractivity contribution in [3.8, 4) is 0 Å². The summed E-state index contributed by atoms with van der Waals surface area (Å²) in [7, 11) is 3.74. The van der Waals surface area contributed by atoms with E-state index in [-0.39, 0.29) is 51.4 Å². The van der Waals surface area contributed by atoms with Gasteiger partial charge in [0.1, 0.15) is 0 Å². The summed E-state index contributed by atoms with van der Waals surface area (Å²) >= 11 is 0. The Kier molecular flexibility index (Phi) is 42.5. The van der Waals surface area contributed by atoms with Crippen LogP contribution in [0.2, 0.25) is 0 Å². The number of nitrogens with one attached hydrogen (secondary N) is 1. The van der Waals surface area contributed by atoms with Crippen LogP contribution in [-0.4, -0.2) is 27.2 Å². The van der Waals surface area contributed by atoms with E-state index >= 15 is 0 Å². The molecule has 0 heterocycles. The first-order valence-corrected chi connectivity index (χ1v) is 3.03. The Labute approximate surface area is 102 Å². The monoisotopic (exact) mass is 156 g/mol. The summed E-state index contributed by atoms with van der Waals surface area (Å²) in [4.78, 5) is 0. The third-order valence-electron chi connectivity index (χ3n) is 0.670. The van der Waals surface area contributed by atoms with Gasteiger partial charge in [0.15, 0.2) is 0 Å². The van der Waals surface area contributed by atoms with Gasteiger partial charge in [0.05, 0.1) is 0 Å². The minimum absolute atomic E-state index is 0. The van der Waals surface area contributed by atoms with Crippen molar-refractivity contribution in [2.75, 3.05) is 27.2 Å². The molecule has 0 fully saturated rings. The molecule has 1 N–H and O–H groups in total. The number of nitrogens with zero attached hydrogens (tertiary/aromatic N) is 1. The van der Waals surface area contributed by atoms with Gasteiger partial charge >= 0.3 is 51.4 Å². The molecular weight excluding hydrogens is 139 g/mol. The van der Waals surface area contributed by atoms with Crippen LogP contribution < -0.4 is 56.7 Å². The largest absolute Gasteiger partial charge is 1.00 e. The Morgan fingerprint density at radius 2 is 1.56 bits per heavy atom. The molecule has 0 atom stereocenters. The molecule has 0 aromatic heterocycles. The molecule has 0 saturated heterocycles. The second-order valence-electron chi connectivity index (χ2n) is 1.34. The van der Waals surface area contributed by atoms with Crippen LogP contribution in [0.15, 0.2) is 0 Å². The van der Waals surface area contributed by atoms with Gasteiger partial charge in [-0.2, -0.15) is 13.6 Å². The van der Waals surface area contributed by atoms with Crippen LogP contribution in [0, 0.1) is 0 Å². The van der Waals surface area contributed by atoms with Crippen molar-refractivity contribution >= 4 is 0 Å². The van der Waals surface area contributed by atoms with Crippen molar-refractivity contribution in [1.82, 2.24) is 5.32 Å². The van der Waals surface area contributed by atoms with Gasteiger partial charge in [-0.3, -0.25) is 0 Å². The quantitative estimate of drug-likeness (QED) is 0.471. The third-order valence-corrected chi connectivity index (χ3v) is 0.670. The molecule has 0 spiro atoms. The van der Waals surface area contributed by atoms with Crippen molar-refractivity contribution in [2.45, 2.75) is 13.8 Å². The van der Waals surface area contributed by atoms with E-state index in [1.165, 1.54) is 0 Å². The Balaban J connectivity index is -0.0000000720. The van der Waals surface area contributed by atoms with Gasteiger partial charge in [-0.1, -0.05) is 13.8 Å². The van der Waals surface area contributed by atoms with Gasteiger partial charge in [-0.15, -0.1) is 0 Å². The summed E-state index contributed by atoms with van der Waals surface area (Å²) < 4.78 is 0. The molecule has 0 rings (SSSR count). The molecule has 2 nitrogen and oxygen atoms in total. The van der Waals surface area contributed by atoms with Crippen LogP contribution in [0.5, 0.6) is 0 Å². The summed E-state index contributed by atoms with van der Waals surface area (Å²) in [5.74, 6) is 0. The predicted molar refractivity (Wildman–Crippen MR) is 39.4 cm³/mol. The minimum Gasteiger partial charge on any atom is -0.665 e. The van der Waals surface area contributed by atoms with Gasteiger partial charge in [-0.25, -0.2) is 0 Å². The third kappa shape index (κ3) is 43.1. The molecule has 0 aliphatic carbocycles. The molecule has 0 saturated carbocycles. The maximum absolute atomic E-state index is 3.74. The SMILES string of the molecule is CCNC.CC[N-]C.[K+]. The molecule has 0 aliphatic heterocycles. The summed E-state index contributed by atoms with van der Waals surface area (Å²) in [6.45, 7) is 6.10. The molecule has 0 aliphatic rings. The van der Waals surface area contributed by atoms with Crippen molar-refractivity contribution in [2.24, 2.45) is 0 Å². The van der Waals surface area contributed by atoms with Crippen LogP contribution in [-0.2, 0) is 0 Å². The second-order valence-corrected chi connectivity index (χ2v) is 1.34. The van der Waals surface area contributed by atoms with Gasteiger partial charge in [0, 0.05) is 0 Å². The molecule has 0 aromatic carbocycles. The van der Waals surface area contributed by atoms with Crippen LogP contribution in [0.3, 0.4) is 0 Å². The van der Waals surface area contributed by atoms with Gasteiger partial charge < -0.3 is 10.6 Å². The van der Waals surface area contributed by atoms with Crippen molar-refractivity contribution < 1.29 is 51.4 Å². The Morgan fingerprint density at radius 3 is 1.56 bits per heavy atom. The van der Waals surface area contributed by atoms with E-state index < -0.39 is 0 Å². The molecule has 0 bridgehead atoms. The summed E-state index contributed by atoms with van der Waals surface area (Å²) in [6, 6.07) is 0. The fourth-order valence-corrected chi connectivity index (χ4v) is 0. The topological polar surface area (TPSA) is 26.1 Å².